The van der Waals surface area contributed by atoms with Gasteiger partial charge in [0.15, 0.2) is 0 Å². The fourth-order valence-electron chi connectivity index (χ4n) is 2.87. The maximum Gasteiger partial charge on any atom is 0.128 e. The first-order valence-corrected chi connectivity index (χ1v) is 8.03. The van der Waals surface area contributed by atoms with E-state index in [1.807, 2.05) is 26.8 Å². The van der Waals surface area contributed by atoms with Crippen molar-refractivity contribution in [1.82, 2.24) is 5.32 Å². The molecule has 120 valence electrons. The fourth-order valence-corrected chi connectivity index (χ4v) is 2.87. The lowest BCUT2D eigenvalue weighted by Crippen LogP contribution is -2.38. The average molecular weight is 295 g/mol. The molecule has 2 atom stereocenters. The third-order valence-corrected chi connectivity index (χ3v) is 3.75. The minimum absolute atomic E-state index is 0.0301. The number of ether oxygens (including phenoxy) is 1. The summed E-state index contributed by atoms with van der Waals surface area (Å²) in [5.41, 5.74) is 2.70. The van der Waals surface area contributed by atoms with E-state index in [1.54, 1.807) is 6.07 Å². The van der Waals surface area contributed by atoms with Crippen molar-refractivity contribution < 1.29 is 9.13 Å². The van der Waals surface area contributed by atoms with E-state index >= 15 is 0 Å². The molecule has 0 saturated heterocycles. The number of hydrogen-bond donors (Lipinski definition) is 1. The Hall–Kier alpha value is -0.930. The third kappa shape index (κ3) is 4.79. The van der Waals surface area contributed by atoms with Crippen LogP contribution < -0.4 is 5.32 Å². The van der Waals surface area contributed by atoms with Crippen LogP contribution in [0.1, 0.15) is 56.8 Å². The molecular weight excluding hydrogens is 265 g/mol. The Labute approximate surface area is 129 Å². The summed E-state index contributed by atoms with van der Waals surface area (Å²) in [5.74, 6) is 0.186. The summed E-state index contributed by atoms with van der Waals surface area (Å²) in [6.07, 6.45) is 0.984. The topological polar surface area (TPSA) is 21.3 Å². The lowest BCUT2D eigenvalue weighted by atomic mass is 9.89. The maximum atomic E-state index is 14.6. The molecule has 0 aliphatic rings. The van der Waals surface area contributed by atoms with Crippen LogP contribution in [0.5, 0.6) is 0 Å². The summed E-state index contributed by atoms with van der Waals surface area (Å²) in [6, 6.07) is 3.56. The number of hydrogen-bond acceptors (Lipinski definition) is 2. The van der Waals surface area contributed by atoms with Gasteiger partial charge in [-0.3, -0.25) is 0 Å². The first-order chi connectivity index (χ1) is 9.92. The molecule has 0 bridgehead atoms. The van der Waals surface area contributed by atoms with Gasteiger partial charge in [0.2, 0.25) is 0 Å². The second-order valence-electron chi connectivity index (χ2n) is 6.07. The van der Waals surface area contributed by atoms with Crippen molar-refractivity contribution in [3.63, 3.8) is 0 Å². The van der Waals surface area contributed by atoms with E-state index in [0.29, 0.717) is 12.5 Å². The zero-order valence-corrected chi connectivity index (χ0v) is 14.3. The Balaban J connectivity index is 3.23. The zero-order valence-electron chi connectivity index (χ0n) is 14.3. The summed E-state index contributed by atoms with van der Waals surface area (Å²) >= 11 is 0. The van der Waals surface area contributed by atoms with Crippen molar-refractivity contribution in [1.29, 1.82) is 0 Å². The van der Waals surface area contributed by atoms with Crippen LogP contribution in [-0.2, 0) is 4.74 Å². The largest absolute Gasteiger partial charge is 0.376 e. The third-order valence-electron chi connectivity index (χ3n) is 3.75. The Bertz CT molecular complexity index is 422. The molecule has 1 rings (SSSR count). The van der Waals surface area contributed by atoms with E-state index in [4.69, 9.17) is 4.74 Å². The van der Waals surface area contributed by atoms with Gasteiger partial charge in [-0.1, -0.05) is 26.8 Å². The molecule has 0 fully saturated rings. The zero-order chi connectivity index (χ0) is 16.0. The van der Waals surface area contributed by atoms with E-state index < -0.39 is 0 Å². The minimum atomic E-state index is -0.133. The van der Waals surface area contributed by atoms with E-state index in [1.165, 1.54) is 0 Å². The molecule has 0 aromatic heterocycles. The van der Waals surface area contributed by atoms with E-state index in [-0.39, 0.29) is 18.0 Å². The standard InChI is InChI=1S/C18H30FNO/c1-7-9-20-17(18(12(3)4)21-8-2)16-14(6)10-13(5)11-15(16)19/h10-12,17-18,20H,7-9H2,1-6H3. The second kappa shape index (κ2) is 8.50. The highest BCUT2D eigenvalue weighted by molar-refractivity contribution is 5.35. The maximum absolute atomic E-state index is 14.6. The number of halogens is 1. The fraction of sp³-hybridized carbons (Fsp3) is 0.667. The predicted molar refractivity (Wildman–Crippen MR) is 87.2 cm³/mol. The monoisotopic (exact) mass is 295 g/mol. The Morgan fingerprint density at radius 2 is 1.86 bits per heavy atom. The summed E-state index contributed by atoms with van der Waals surface area (Å²) in [7, 11) is 0. The summed E-state index contributed by atoms with van der Waals surface area (Å²) < 4.78 is 20.5. The summed E-state index contributed by atoms with van der Waals surface area (Å²) in [6.45, 7) is 13.8. The molecular formula is C18H30FNO. The Morgan fingerprint density at radius 3 is 2.33 bits per heavy atom. The van der Waals surface area contributed by atoms with Gasteiger partial charge in [-0.2, -0.15) is 0 Å². The average Bonchev–Trinajstić information content (AvgIpc) is 2.38. The molecule has 0 radical (unpaired) electrons. The van der Waals surface area contributed by atoms with Crippen molar-refractivity contribution in [3.8, 4) is 0 Å². The van der Waals surface area contributed by atoms with Gasteiger partial charge < -0.3 is 10.1 Å². The lowest BCUT2D eigenvalue weighted by Gasteiger charge is -2.32. The highest BCUT2D eigenvalue weighted by atomic mass is 19.1. The molecule has 2 nitrogen and oxygen atoms in total. The molecule has 1 aromatic carbocycles. The van der Waals surface area contributed by atoms with Crippen molar-refractivity contribution >= 4 is 0 Å². The highest BCUT2D eigenvalue weighted by Gasteiger charge is 2.29. The summed E-state index contributed by atoms with van der Waals surface area (Å²) in [4.78, 5) is 0. The quantitative estimate of drug-likeness (QED) is 0.760. The number of nitrogens with one attached hydrogen (secondary N) is 1. The molecule has 0 heterocycles. The van der Waals surface area contributed by atoms with Gasteiger partial charge in [0.05, 0.1) is 12.1 Å². The van der Waals surface area contributed by atoms with Crippen LogP contribution in [0.15, 0.2) is 12.1 Å². The molecule has 0 spiro atoms. The van der Waals surface area contributed by atoms with E-state index in [9.17, 15) is 4.39 Å². The SMILES string of the molecule is CCCNC(c1c(C)cc(C)cc1F)C(OCC)C(C)C. The lowest BCUT2D eigenvalue weighted by molar-refractivity contribution is 0.00187. The van der Waals surface area contributed by atoms with Crippen LogP contribution in [0.25, 0.3) is 0 Å². The van der Waals surface area contributed by atoms with Gasteiger partial charge in [0, 0.05) is 12.2 Å². The molecule has 0 aliphatic carbocycles. The van der Waals surface area contributed by atoms with E-state index in [2.05, 4.69) is 26.1 Å². The van der Waals surface area contributed by atoms with Gasteiger partial charge in [-0.05, 0) is 56.8 Å². The smallest absolute Gasteiger partial charge is 0.128 e. The molecule has 0 saturated carbocycles. The van der Waals surface area contributed by atoms with Gasteiger partial charge >= 0.3 is 0 Å². The van der Waals surface area contributed by atoms with Gasteiger partial charge in [0.25, 0.3) is 0 Å². The Morgan fingerprint density at radius 1 is 1.19 bits per heavy atom. The van der Waals surface area contributed by atoms with Crippen LogP contribution in [0.2, 0.25) is 0 Å². The molecule has 0 amide bonds. The molecule has 2 unspecified atom stereocenters. The van der Waals surface area contributed by atoms with Crippen LogP contribution in [0.3, 0.4) is 0 Å². The molecule has 3 heteroatoms. The Kier molecular flexibility index (Phi) is 7.33. The second-order valence-corrected chi connectivity index (χ2v) is 6.07. The number of benzene rings is 1. The van der Waals surface area contributed by atoms with Gasteiger partial charge in [-0.15, -0.1) is 0 Å². The molecule has 1 N–H and O–H groups in total. The van der Waals surface area contributed by atoms with Crippen LogP contribution >= 0.6 is 0 Å². The molecule has 0 aliphatic heterocycles. The first kappa shape index (κ1) is 18.1. The van der Waals surface area contributed by atoms with Gasteiger partial charge in [0.1, 0.15) is 5.82 Å². The van der Waals surface area contributed by atoms with Gasteiger partial charge in [-0.25, -0.2) is 4.39 Å². The molecule has 1 aromatic rings. The van der Waals surface area contributed by atoms with Crippen molar-refractivity contribution in [3.05, 3.63) is 34.6 Å². The van der Waals surface area contributed by atoms with Crippen molar-refractivity contribution in [2.75, 3.05) is 13.2 Å². The van der Waals surface area contributed by atoms with Crippen LogP contribution in [0, 0.1) is 25.6 Å². The number of aryl methyl sites for hydroxylation is 2. The number of rotatable bonds is 8. The van der Waals surface area contributed by atoms with Crippen LogP contribution in [0.4, 0.5) is 4.39 Å². The van der Waals surface area contributed by atoms with Crippen molar-refractivity contribution in [2.24, 2.45) is 5.92 Å². The van der Waals surface area contributed by atoms with E-state index in [0.717, 1.165) is 29.7 Å². The highest BCUT2D eigenvalue weighted by Crippen LogP contribution is 2.30. The normalized spacial score (nSPS) is 14.5. The minimum Gasteiger partial charge on any atom is -0.376 e. The summed E-state index contributed by atoms with van der Waals surface area (Å²) in [5, 5.41) is 3.49. The predicted octanol–water partition coefficient (Wildman–Crippen LogP) is 4.54. The van der Waals surface area contributed by atoms with Crippen LogP contribution in [-0.4, -0.2) is 19.3 Å². The first-order valence-electron chi connectivity index (χ1n) is 8.03. The molecule has 21 heavy (non-hydrogen) atoms. The van der Waals surface area contributed by atoms with Crippen molar-refractivity contribution in [2.45, 2.75) is 60.1 Å².